The van der Waals surface area contributed by atoms with Crippen LogP contribution in [-0.4, -0.2) is 21.2 Å². The van der Waals surface area contributed by atoms with Crippen molar-refractivity contribution < 1.29 is 4.74 Å². The normalized spacial score (nSPS) is 11.9. The zero-order valence-corrected chi connectivity index (χ0v) is 17.3. The lowest BCUT2D eigenvalue weighted by Gasteiger charge is -2.13. The average molecular weight is 445 g/mol. The predicted molar refractivity (Wildman–Crippen MR) is 116 cm³/mol. The molecule has 2 aromatic heterocycles. The average Bonchev–Trinajstić information content (AvgIpc) is 3.30. The summed E-state index contributed by atoms with van der Waals surface area (Å²) in [5.41, 5.74) is 7.25. The fraction of sp³-hybridized carbons (Fsp3) is 0.130. The summed E-state index contributed by atoms with van der Waals surface area (Å²) < 4.78 is 10.9. The molecule has 0 spiro atoms. The van der Waals surface area contributed by atoms with Gasteiger partial charge in [-0.05, 0) is 35.4 Å². The lowest BCUT2D eigenvalue weighted by Crippen LogP contribution is -2.04. The molecule has 0 radical (unpaired) electrons. The molecule has 0 saturated carbocycles. The van der Waals surface area contributed by atoms with E-state index in [0.29, 0.717) is 12.3 Å². The second-order valence-corrected chi connectivity index (χ2v) is 7.93. The minimum Gasteiger partial charge on any atom is -0.378 e. The highest BCUT2D eigenvalue weighted by atomic mass is 79.9. The van der Waals surface area contributed by atoms with Crippen LogP contribution in [-0.2, 0) is 17.9 Å². The largest absolute Gasteiger partial charge is 0.378 e. The summed E-state index contributed by atoms with van der Waals surface area (Å²) in [7, 11) is 1.70. The Morgan fingerprint density at radius 2 is 1.97 bits per heavy atom. The van der Waals surface area contributed by atoms with Crippen molar-refractivity contribution in [3.63, 3.8) is 0 Å². The standard InChI is InChI=1S/C23H17BrN4O/c1-25-19-6-3-15(4-7-19)16-10-22-23-26-11-20(14-29-2)28(23)21-8-5-18(24)9-17(21)13-27(22)12-16/h3-12H,13-14H2,2H3. The van der Waals surface area contributed by atoms with Gasteiger partial charge in [0.05, 0.1) is 36.5 Å². The van der Waals surface area contributed by atoms with E-state index in [2.05, 4.69) is 60.4 Å². The highest BCUT2D eigenvalue weighted by Crippen LogP contribution is 2.36. The lowest BCUT2D eigenvalue weighted by molar-refractivity contribution is 0.180. The van der Waals surface area contributed by atoms with E-state index >= 15 is 0 Å². The third-order valence-electron chi connectivity index (χ3n) is 5.21. The number of benzene rings is 2. The van der Waals surface area contributed by atoms with E-state index in [-0.39, 0.29) is 0 Å². The van der Waals surface area contributed by atoms with Gasteiger partial charge >= 0.3 is 0 Å². The zero-order chi connectivity index (χ0) is 20.0. The van der Waals surface area contributed by atoms with Gasteiger partial charge in [-0.15, -0.1) is 0 Å². The van der Waals surface area contributed by atoms with Crippen LogP contribution in [0.15, 0.2) is 65.4 Å². The third-order valence-corrected chi connectivity index (χ3v) is 5.70. The molecule has 0 amide bonds. The van der Waals surface area contributed by atoms with Gasteiger partial charge in [0.15, 0.2) is 11.5 Å². The van der Waals surface area contributed by atoms with Crippen molar-refractivity contribution in [2.24, 2.45) is 0 Å². The molecule has 0 bridgehead atoms. The first kappa shape index (κ1) is 17.9. The number of hydrogen-bond donors (Lipinski definition) is 0. The van der Waals surface area contributed by atoms with E-state index in [0.717, 1.165) is 45.0 Å². The zero-order valence-electron chi connectivity index (χ0n) is 15.8. The first-order valence-electron chi connectivity index (χ1n) is 9.20. The molecule has 1 aliphatic heterocycles. The number of nitrogens with zero attached hydrogens (tertiary/aromatic N) is 4. The van der Waals surface area contributed by atoms with E-state index in [4.69, 9.17) is 16.3 Å². The first-order valence-corrected chi connectivity index (χ1v) is 10.00. The molecule has 4 aromatic rings. The highest BCUT2D eigenvalue weighted by molar-refractivity contribution is 9.10. The molecule has 142 valence electrons. The molecule has 0 saturated heterocycles. The highest BCUT2D eigenvalue weighted by Gasteiger charge is 2.24. The van der Waals surface area contributed by atoms with Crippen LogP contribution in [0.1, 0.15) is 11.3 Å². The van der Waals surface area contributed by atoms with Crippen LogP contribution in [0.2, 0.25) is 0 Å². The second kappa shape index (κ2) is 7.03. The first-order chi connectivity index (χ1) is 14.2. The van der Waals surface area contributed by atoms with Gasteiger partial charge in [0.2, 0.25) is 0 Å². The molecule has 29 heavy (non-hydrogen) atoms. The molecule has 0 unspecified atom stereocenters. The van der Waals surface area contributed by atoms with Gasteiger partial charge in [-0.3, -0.25) is 4.57 Å². The number of ether oxygens (including phenoxy) is 1. The van der Waals surface area contributed by atoms with Crippen LogP contribution in [0.3, 0.4) is 0 Å². The van der Waals surface area contributed by atoms with Crippen molar-refractivity contribution >= 4 is 21.6 Å². The quantitative estimate of drug-likeness (QED) is 0.328. The van der Waals surface area contributed by atoms with Crippen LogP contribution in [0, 0.1) is 6.57 Å². The maximum Gasteiger partial charge on any atom is 0.187 e. The molecule has 6 heteroatoms. The van der Waals surface area contributed by atoms with Crippen LogP contribution < -0.4 is 0 Å². The predicted octanol–water partition coefficient (Wildman–Crippen LogP) is 5.83. The Morgan fingerprint density at radius 3 is 2.72 bits per heavy atom. The molecule has 0 fully saturated rings. The van der Waals surface area contributed by atoms with Crippen molar-refractivity contribution in [3.05, 3.63) is 88.1 Å². The number of halogens is 1. The molecule has 0 atom stereocenters. The van der Waals surface area contributed by atoms with Crippen molar-refractivity contribution in [2.75, 3.05) is 7.11 Å². The SMILES string of the molecule is [C-]#[N+]c1ccc(-c2cc3n(c2)Cc2cc(Br)ccc2-n2c(COC)cnc2-3)cc1. The van der Waals surface area contributed by atoms with Gasteiger partial charge in [0, 0.05) is 29.9 Å². The summed E-state index contributed by atoms with van der Waals surface area (Å²) >= 11 is 3.61. The van der Waals surface area contributed by atoms with Crippen molar-refractivity contribution in [3.8, 4) is 28.3 Å². The summed E-state index contributed by atoms with van der Waals surface area (Å²) in [6.07, 6.45) is 4.05. The van der Waals surface area contributed by atoms with Gasteiger partial charge in [-0.25, -0.2) is 9.83 Å². The Bertz CT molecular complexity index is 1260. The number of aromatic nitrogens is 3. The topological polar surface area (TPSA) is 36.3 Å². The second-order valence-electron chi connectivity index (χ2n) is 7.02. The summed E-state index contributed by atoms with van der Waals surface area (Å²) in [4.78, 5) is 8.22. The van der Waals surface area contributed by atoms with Crippen LogP contribution in [0.4, 0.5) is 5.69 Å². The van der Waals surface area contributed by atoms with Crippen LogP contribution in [0.5, 0.6) is 0 Å². The monoisotopic (exact) mass is 444 g/mol. The molecular weight excluding hydrogens is 428 g/mol. The van der Waals surface area contributed by atoms with Crippen molar-refractivity contribution in [1.82, 2.24) is 14.1 Å². The maximum absolute atomic E-state index is 7.15. The van der Waals surface area contributed by atoms with Crippen molar-refractivity contribution in [1.29, 1.82) is 0 Å². The van der Waals surface area contributed by atoms with Crippen molar-refractivity contribution in [2.45, 2.75) is 13.2 Å². The van der Waals surface area contributed by atoms with E-state index < -0.39 is 0 Å². The van der Waals surface area contributed by atoms with Gasteiger partial charge in [-0.2, -0.15) is 0 Å². The Morgan fingerprint density at radius 1 is 1.14 bits per heavy atom. The number of imidazole rings is 1. The van der Waals surface area contributed by atoms with E-state index in [1.165, 1.54) is 5.56 Å². The molecule has 0 N–H and O–H groups in total. The van der Waals surface area contributed by atoms with E-state index in [1.807, 2.05) is 30.5 Å². The van der Waals surface area contributed by atoms with Crippen LogP contribution in [0.25, 0.3) is 33.2 Å². The Kier molecular flexibility index (Phi) is 4.35. The molecule has 0 aliphatic carbocycles. The summed E-state index contributed by atoms with van der Waals surface area (Å²) in [6, 6.07) is 16.2. The number of hydrogen-bond acceptors (Lipinski definition) is 2. The lowest BCUT2D eigenvalue weighted by atomic mass is 10.1. The Balaban J connectivity index is 1.70. The van der Waals surface area contributed by atoms with Gasteiger partial charge in [0.1, 0.15) is 0 Å². The van der Waals surface area contributed by atoms with Gasteiger partial charge in [-0.1, -0.05) is 40.2 Å². The minimum absolute atomic E-state index is 0.494. The maximum atomic E-state index is 7.15. The fourth-order valence-corrected chi connectivity index (χ4v) is 4.29. The number of fused-ring (bicyclic) bond motifs is 5. The Hall–Kier alpha value is -3.14. The number of methoxy groups -OCH3 is 1. The fourth-order valence-electron chi connectivity index (χ4n) is 3.88. The molecule has 5 nitrogen and oxygen atoms in total. The molecule has 3 heterocycles. The smallest absolute Gasteiger partial charge is 0.187 e. The number of rotatable bonds is 3. The summed E-state index contributed by atoms with van der Waals surface area (Å²) in [5, 5.41) is 0. The minimum atomic E-state index is 0.494. The molecular formula is C23H17BrN4O. The van der Waals surface area contributed by atoms with Gasteiger partial charge < -0.3 is 9.30 Å². The van der Waals surface area contributed by atoms with Gasteiger partial charge in [0.25, 0.3) is 0 Å². The molecule has 5 rings (SSSR count). The van der Waals surface area contributed by atoms with E-state index in [1.54, 1.807) is 7.11 Å². The summed E-state index contributed by atoms with van der Waals surface area (Å²) in [5.74, 6) is 0.905. The Labute approximate surface area is 177 Å². The van der Waals surface area contributed by atoms with E-state index in [9.17, 15) is 0 Å². The summed E-state index contributed by atoms with van der Waals surface area (Å²) in [6.45, 7) is 8.39. The third kappa shape index (κ3) is 3.00. The molecule has 1 aliphatic rings. The molecule has 2 aromatic carbocycles. The van der Waals surface area contributed by atoms with Crippen LogP contribution >= 0.6 is 15.9 Å².